The Morgan fingerprint density at radius 1 is 1.53 bits per heavy atom. The second-order valence-electron chi connectivity index (χ2n) is 2.91. The molecule has 4 nitrogen and oxygen atoms in total. The van der Waals surface area contributed by atoms with E-state index in [4.69, 9.17) is 16.7 Å². The van der Waals surface area contributed by atoms with Crippen LogP contribution < -0.4 is 11.5 Å². The number of alkyl halides is 2. The second kappa shape index (κ2) is 4.66. The quantitative estimate of drug-likeness (QED) is 0.785. The van der Waals surface area contributed by atoms with Crippen LogP contribution in [0.1, 0.15) is 23.4 Å². The fraction of sp³-hybridized carbons (Fsp3) is 0.333. The van der Waals surface area contributed by atoms with E-state index in [2.05, 4.69) is 4.98 Å². The smallest absolute Gasteiger partial charge is 0.280 e. The number of aromatic nitrogens is 1. The first-order chi connectivity index (χ1) is 7.10. The van der Waals surface area contributed by atoms with Crippen LogP contribution in [0.5, 0.6) is 0 Å². The molecule has 0 atom stereocenters. The highest BCUT2D eigenvalue weighted by Gasteiger charge is 2.16. The molecule has 0 aromatic carbocycles. The fourth-order valence-corrected chi connectivity index (χ4v) is 1.20. The molecule has 0 unspecified atom stereocenters. The van der Waals surface area contributed by atoms with Crippen LogP contribution in [0, 0.1) is 11.3 Å². The minimum absolute atomic E-state index is 0.0519. The van der Waals surface area contributed by atoms with Crippen molar-refractivity contribution in [2.75, 3.05) is 5.73 Å². The van der Waals surface area contributed by atoms with E-state index in [-0.39, 0.29) is 29.9 Å². The van der Waals surface area contributed by atoms with Crippen LogP contribution in [0.2, 0.25) is 0 Å². The highest BCUT2D eigenvalue weighted by atomic mass is 19.3. The summed E-state index contributed by atoms with van der Waals surface area (Å²) in [5.41, 5.74) is 11.0. The van der Waals surface area contributed by atoms with Crippen LogP contribution in [-0.4, -0.2) is 4.98 Å². The summed E-state index contributed by atoms with van der Waals surface area (Å²) in [5, 5.41) is 8.44. The van der Waals surface area contributed by atoms with Crippen LogP contribution in [0.15, 0.2) is 6.07 Å². The zero-order chi connectivity index (χ0) is 11.4. The molecule has 0 fully saturated rings. The molecule has 80 valence electrons. The number of pyridine rings is 1. The van der Waals surface area contributed by atoms with Gasteiger partial charge >= 0.3 is 0 Å². The van der Waals surface area contributed by atoms with Gasteiger partial charge in [-0.05, 0) is 11.6 Å². The van der Waals surface area contributed by atoms with Crippen molar-refractivity contribution in [3.8, 4) is 6.07 Å². The van der Waals surface area contributed by atoms with Gasteiger partial charge in [-0.25, -0.2) is 13.8 Å². The summed E-state index contributed by atoms with van der Waals surface area (Å²) in [6.45, 7) is -0.0519. The van der Waals surface area contributed by atoms with E-state index in [1.807, 2.05) is 6.07 Å². The number of nitrogens with zero attached hydrogens (tertiary/aromatic N) is 2. The van der Waals surface area contributed by atoms with Crippen LogP contribution in [0.3, 0.4) is 0 Å². The molecule has 0 aliphatic carbocycles. The molecule has 1 heterocycles. The average molecular weight is 212 g/mol. The highest BCUT2D eigenvalue weighted by Crippen LogP contribution is 2.24. The van der Waals surface area contributed by atoms with E-state index in [1.165, 1.54) is 6.07 Å². The first-order valence-corrected chi connectivity index (χ1v) is 4.23. The van der Waals surface area contributed by atoms with Crippen molar-refractivity contribution in [1.29, 1.82) is 5.26 Å². The summed E-state index contributed by atoms with van der Waals surface area (Å²) in [5.74, 6) is 0. The van der Waals surface area contributed by atoms with E-state index in [9.17, 15) is 8.78 Å². The third-order valence-corrected chi connectivity index (χ3v) is 1.92. The van der Waals surface area contributed by atoms with Gasteiger partial charge in [-0.1, -0.05) is 0 Å². The van der Waals surface area contributed by atoms with E-state index in [1.54, 1.807) is 0 Å². The normalized spacial score (nSPS) is 10.3. The van der Waals surface area contributed by atoms with Gasteiger partial charge in [-0.2, -0.15) is 5.26 Å². The Bertz CT molecular complexity index is 398. The maximum absolute atomic E-state index is 12.5. The molecule has 0 spiro atoms. The Kier molecular flexibility index (Phi) is 3.52. The van der Waals surface area contributed by atoms with Gasteiger partial charge in [0, 0.05) is 6.54 Å². The van der Waals surface area contributed by atoms with Gasteiger partial charge in [0.1, 0.15) is 5.69 Å². The lowest BCUT2D eigenvalue weighted by Crippen LogP contribution is -2.09. The molecule has 0 aliphatic rings. The Labute approximate surface area is 85.5 Å². The minimum Gasteiger partial charge on any atom is -0.397 e. The van der Waals surface area contributed by atoms with Crippen molar-refractivity contribution in [3.63, 3.8) is 0 Å². The summed E-state index contributed by atoms with van der Waals surface area (Å²) in [6, 6.07) is 3.16. The number of halogens is 2. The van der Waals surface area contributed by atoms with Gasteiger partial charge in [0.25, 0.3) is 6.43 Å². The molecule has 6 heteroatoms. The number of hydrogen-bond donors (Lipinski definition) is 2. The number of rotatable bonds is 3. The Morgan fingerprint density at radius 3 is 2.67 bits per heavy atom. The minimum atomic E-state index is -2.71. The molecule has 0 aliphatic heterocycles. The lowest BCUT2D eigenvalue weighted by molar-refractivity contribution is 0.144. The summed E-state index contributed by atoms with van der Waals surface area (Å²) in [6.07, 6.45) is -2.79. The number of anilines is 1. The molecule has 0 amide bonds. The topological polar surface area (TPSA) is 88.7 Å². The molecule has 1 aromatic rings. The highest BCUT2D eigenvalue weighted by molar-refractivity contribution is 5.48. The van der Waals surface area contributed by atoms with Crippen LogP contribution >= 0.6 is 0 Å². The summed E-state index contributed by atoms with van der Waals surface area (Å²) in [7, 11) is 0. The van der Waals surface area contributed by atoms with E-state index >= 15 is 0 Å². The molecular formula is C9H10F2N4. The third-order valence-electron chi connectivity index (χ3n) is 1.92. The Hall–Kier alpha value is -1.74. The number of hydrogen-bond acceptors (Lipinski definition) is 4. The van der Waals surface area contributed by atoms with Crippen molar-refractivity contribution in [1.82, 2.24) is 4.98 Å². The lowest BCUT2D eigenvalue weighted by atomic mass is 10.1. The SMILES string of the molecule is N#CCc1nc(C(F)F)c(CN)cc1N. The van der Waals surface area contributed by atoms with Crippen LogP contribution in [0.25, 0.3) is 0 Å². The zero-order valence-electron chi connectivity index (χ0n) is 7.87. The van der Waals surface area contributed by atoms with Crippen molar-refractivity contribution in [2.24, 2.45) is 5.73 Å². The average Bonchev–Trinajstić information content (AvgIpc) is 2.20. The number of nitrogens with two attached hydrogens (primary N) is 2. The van der Waals surface area contributed by atoms with Gasteiger partial charge < -0.3 is 11.5 Å². The summed E-state index contributed by atoms with van der Waals surface area (Å²) >= 11 is 0. The molecule has 1 aromatic heterocycles. The zero-order valence-corrected chi connectivity index (χ0v) is 7.87. The molecule has 0 bridgehead atoms. The van der Waals surface area contributed by atoms with E-state index in [0.29, 0.717) is 0 Å². The molecule has 15 heavy (non-hydrogen) atoms. The maximum atomic E-state index is 12.5. The predicted molar refractivity (Wildman–Crippen MR) is 50.8 cm³/mol. The standard InChI is InChI=1S/C9H10F2N4/c10-9(11)8-5(4-13)3-6(14)7(15-8)1-2-12/h3,9H,1,4,13-14H2. The van der Waals surface area contributed by atoms with Crippen LogP contribution in [-0.2, 0) is 13.0 Å². The molecule has 0 saturated carbocycles. The lowest BCUT2D eigenvalue weighted by Gasteiger charge is -2.09. The number of nitrogen functional groups attached to an aromatic ring is 1. The van der Waals surface area contributed by atoms with Gasteiger partial charge in [-0.15, -0.1) is 0 Å². The molecule has 0 radical (unpaired) electrons. The molecule has 1 rings (SSSR count). The largest absolute Gasteiger partial charge is 0.397 e. The Morgan fingerprint density at radius 2 is 2.20 bits per heavy atom. The first kappa shape index (κ1) is 11.3. The molecular weight excluding hydrogens is 202 g/mol. The van der Waals surface area contributed by atoms with Crippen molar-refractivity contribution >= 4 is 5.69 Å². The van der Waals surface area contributed by atoms with Gasteiger partial charge in [-0.3, -0.25) is 0 Å². The van der Waals surface area contributed by atoms with Gasteiger partial charge in [0.15, 0.2) is 0 Å². The monoisotopic (exact) mass is 212 g/mol. The fourth-order valence-electron chi connectivity index (χ4n) is 1.20. The third kappa shape index (κ3) is 2.39. The second-order valence-corrected chi connectivity index (χ2v) is 2.91. The van der Waals surface area contributed by atoms with E-state index in [0.717, 1.165) is 0 Å². The molecule has 4 N–H and O–H groups in total. The summed E-state index contributed by atoms with van der Waals surface area (Å²) < 4.78 is 25.0. The summed E-state index contributed by atoms with van der Waals surface area (Å²) in [4.78, 5) is 3.65. The predicted octanol–water partition coefficient (Wildman–Crippen LogP) is 1.13. The van der Waals surface area contributed by atoms with Gasteiger partial charge in [0.2, 0.25) is 0 Å². The first-order valence-electron chi connectivity index (χ1n) is 4.23. The van der Waals surface area contributed by atoms with Crippen LogP contribution in [0.4, 0.5) is 14.5 Å². The van der Waals surface area contributed by atoms with Crippen molar-refractivity contribution < 1.29 is 8.78 Å². The van der Waals surface area contributed by atoms with Crippen molar-refractivity contribution in [3.05, 3.63) is 23.0 Å². The number of nitriles is 1. The van der Waals surface area contributed by atoms with E-state index < -0.39 is 12.1 Å². The Balaban J connectivity index is 3.25. The van der Waals surface area contributed by atoms with Crippen molar-refractivity contribution in [2.45, 2.75) is 19.4 Å². The molecule has 0 saturated heterocycles. The van der Waals surface area contributed by atoms with Gasteiger partial charge in [0.05, 0.1) is 23.9 Å². The maximum Gasteiger partial charge on any atom is 0.280 e.